The summed E-state index contributed by atoms with van der Waals surface area (Å²) in [5.41, 5.74) is 15.4. The number of rotatable bonds is 7. The molecule has 0 aliphatic heterocycles. The van der Waals surface area contributed by atoms with Gasteiger partial charge >= 0.3 is 0 Å². The first-order chi connectivity index (χ1) is 28.3. The number of para-hydroxylation sites is 4. The monoisotopic (exact) mass is 728 g/mol. The molecule has 0 saturated heterocycles. The highest BCUT2D eigenvalue weighted by molar-refractivity contribution is 6.18. The quantitative estimate of drug-likeness (QED) is 0.163. The molecule has 11 aromatic rings. The van der Waals surface area contributed by atoms with Crippen LogP contribution in [0, 0.1) is 0 Å². The summed E-state index contributed by atoms with van der Waals surface area (Å²) >= 11 is 0. The van der Waals surface area contributed by atoms with E-state index in [4.69, 9.17) is 4.42 Å². The Morgan fingerprint density at radius 3 is 1.60 bits per heavy atom. The Morgan fingerprint density at radius 1 is 0.333 bits per heavy atom. The van der Waals surface area contributed by atoms with Crippen LogP contribution in [0.2, 0.25) is 0 Å². The second-order valence-corrected chi connectivity index (χ2v) is 14.5. The Bertz CT molecular complexity index is 3230. The molecule has 3 nitrogen and oxygen atoms in total. The fraction of sp³-hybridized carbons (Fsp3) is 0. The van der Waals surface area contributed by atoms with Gasteiger partial charge in [0.15, 0.2) is 5.58 Å². The molecule has 57 heavy (non-hydrogen) atoms. The van der Waals surface area contributed by atoms with Crippen molar-refractivity contribution in [3.63, 3.8) is 0 Å². The molecule has 0 amide bonds. The average Bonchev–Trinajstić information content (AvgIpc) is 3.84. The first kappa shape index (κ1) is 32.8. The number of aromatic nitrogens is 1. The second-order valence-electron chi connectivity index (χ2n) is 14.5. The van der Waals surface area contributed by atoms with E-state index in [1.54, 1.807) is 0 Å². The SMILES string of the molecule is c1ccc(-c2ccccc2-c2ccc(-n3c4ccccc4c4c(N(c5ccccc5-c5ccccc5)c5cccc6c5oc5ccccc56)cccc43)cc2)cc1. The van der Waals surface area contributed by atoms with Gasteiger partial charge in [-0.25, -0.2) is 0 Å². The van der Waals surface area contributed by atoms with Crippen LogP contribution in [0.25, 0.3) is 82.8 Å². The van der Waals surface area contributed by atoms with Crippen LogP contribution in [0.15, 0.2) is 223 Å². The molecule has 2 aromatic heterocycles. The van der Waals surface area contributed by atoms with Crippen molar-refractivity contribution >= 4 is 60.8 Å². The van der Waals surface area contributed by atoms with E-state index >= 15 is 0 Å². The summed E-state index contributed by atoms with van der Waals surface area (Å²) in [5, 5.41) is 4.55. The summed E-state index contributed by atoms with van der Waals surface area (Å²) in [6.07, 6.45) is 0. The molecule has 0 aliphatic carbocycles. The van der Waals surface area contributed by atoms with Gasteiger partial charge in [0.05, 0.1) is 28.1 Å². The highest BCUT2D eigenvalue weighted by Crippen LogP contribution is 2.49. The van der Waals surface area contributed by atoms with E-state index in [0.29, 0.717) is 0 Å². The first-order valence-corrected chi connectivity index (χ1v) is 19.4. The number of fused-ring (bicyclic) bond motifs is 6. The Hall–Kier alpha value is -7.62. The molecule has 268 valence electrons. The molecule has 0 aliphatic rings. The predicted molar refractivity (Wildman–Crippen MR) is 239 cm³/mol. The fourth-order valence-corrected chi connectivity index (χ4v) is 8.69. The molecular weight excluding hydrogens is 693 g/mol. The summed E-state index contributed by atoms with van der Waals surface area (Å²) in [6, 6.07) is 78.0. The van der Waals surface area contributed by atoms with Crippen LogP contribution < -0.4 is 4.90 Å². The molecular formula is C54H36N2O. The van der Waals surface area contributed by atoms with Gasteiger partial charge < -0.3 is 13.9 Å². The Kier molecular flexibility index (Phi) is 7.82. The summed E-state index contributed by atoms with van der Waals surface area (Å²) in [6.45, 7) is 0. The van der Waals surface area contributed by atoms with E-state index < -0.39 is 0 Å². The zero-order valence-electron chi connectivity index (χ0n) is 31.1. The van der Waals surface area contributed by atoms with Gasteiger partial charge in [0, 0.05) is 32.8 Å². The highest BCUT2D eigenvalue weighted by atomic mass is 16.3. The molecule has 0 fully saturated rings. The lowest BCUT2D eigenvalue weighted by molar-refractivity contribution is 0.669. The first-order valence-electron chi connectivity index (χ1n) is 19.4. The molecule has 0 saturated carbocycles. The predicted octanol–water partition coefficient (Wildman–Crippen LogP) is 15.2. The molecule has 3 heteroatoms. The third kappa shape index (κ3) is 5.43. The van der Waals surface area contributed by atoms with Crippen LogP contribution in [0.5, 0.6) is 0 Å². The van der Waals surface area contributed by atoms with Gasteiger partial charge in [0.2, 0.25) is 0 Å². The molecule has 2 heterocycles. The van der Waals surface area contributed by atoms with Crippen LogP contribution in [0.3, 0.4) is 0 Å². The van der Waals surface area contributed by atoms with Gasteiger partial charge in [-0.15, -0.1) is 0 Å². The van der Waals surface area contributed by atoms with Crippen molar-refractivity contribution < 1.29 is 4.42 Å². The second kappa shape index (κ2) is 13.6. The van der Waals surface area contributed by atoms with Crippen molar-refractivity contribution in [3.05, 3.63) is 218 Å². The Balaban J connectivity index is 1.15. The summed E-state index contributed by atoms with van der Waals surface area (Å²) in [4.78, 5) is 2.41. The highest BCUT2D eigenvalue weighted by Gasteiger charge is 2.25. The number of anilines is 3. The minimum absolute atomic E-state index is 0.855. The van der Waals surface area contributed by atoms with Gasteiger partial charge in [-0.2, -0.15) is 0 Å². The number of nitrogens with zero attached hydrogens (tertiary/aromatic N) is 2. The van der Waals surface area contributed by atoms with E-state index in [2.05, 4.69) is 222 Å². The topological polar surface area (TPSA) is 21.3 Å². The summed E-state index contributed by atoms with van der Waals surface area (Å²) in [7, 11) is 0. The van der Waals surface area contributed by atoms with Crippen LogP contribution >= 0.6 is 0 Å². The fourth-order valence-electron chi connectivity index (χ4n) is 8.69. The number of hydrogen-bond acceptors (Lipinski definition) is 2. The zero-order valence-corrected chi connectivity index (χ0v) is 31.1. The number of benzene rings is 9. The molecule has 9 aromatic carbocycles. The van der Waals surface area contributed by atoms with E-state index in [-0.39, 0.29) is 0 Å². The maximum atomic E-state index is 6.76. The van der Waals surface area contributed by atoms with Crippen LogP contribution in [-0.4, -0.2) is 4.57 Å². The lowest BCUT2D eigenvalue weighted by Crippen LogP contribution is -2.12. The zero-order chi connectivity index (χ0) is 37.7. The number of furan rings is 1. The minimum atomic E-state index is 0.855. The van der Waals surface area contributed by atoms with Crippen molar-refractivity contribution in [2.75, 3.05) is 4.90 Å². The van der Waals surface area contributed by atoms with E-state index in [1.165, 1.54) is 33.0 Å². The van der Waals surface area contributed by atoms with Gasteiger partial charge in [0.1, 0.15) is 5.58 Å². The molecule has 0 N–H and O–H groups in total. The van der Waals surface area contributed by atoms with Gasteiger partial charge in [-0.05, 0) is 76.3 Å². The number of hydrogen-bond donors (Lipinski definition) is 0. The minimum Gasteiger partial charge on any atom is -0.454 e. The Labute approximate surface area is 330 Å². The van der Waals surface area contributed by atoms with Crippen molar-refractivity contribution in [2.24, 2.45) is 0 Å². The van der Waals surface area contributed by atoms with Crippen molar-refractivity contribution in [3.8, 4) is 39.1 Å². The van der Waals surface area contributed by atoms with E-state index in [0.717, 1.165) is 66.8 Å². The van der Waals surface area contributed by atoms with Crippen molar-refractivity contribution in [1.82, 2.24) is 4.57 Å². The van der Waals surface area contributed by atoms with Gasteiger partial charge in [-0.3, -0.25) is 0 Å². The lowest BCUT2D eigenvalue weighted by atomic mass is 9.94. The third-order valence-corrected chi connectivity index (χ3v) is 11.2. The molecule has 0 atom stereocenters. The van der Waals surface area contributed by atoms with Crippen LogP contribution in [0.1, 0.15) is 0 Å². The molecule has 0 bridgehead atoms. The van der Waals surface area contributed by atoms with E-state index in [1.807, 2.05) is 6.07 Å². The van der Waals surface area contributed by atoms with E-state index in [9.17, 15) is 0 Å². The maximum absolute atomic E-state index is 6.76. The molecule has 0 radical (unpaired) electrons. The normalized spacial score (nSPS) is 11.5. The largest absolute Gasteiger partial charge is 0.454 e. The molecule has 11 rings (SSSR count). The smallest absolute Gasteiger partial charge is 0.159 e. The van der Waals surface area contributed by atoms with Gasteiger partial charge in [0.25, 0.3) is 0 Å². The van der Waals surface area contributed by atoms with Crippen LogP contribution in [-0.2, 0) is 0 Å². The van der Waals surface area contributed by atoms with Crippen molar-refractivity contribution in [2.45, 2.75) is 0 Å². The Morgan fingerprint density at radius 2 is 0.842 bits per heavy atom. The third-order valence-electron chi connectivity index (χ3n) is 11.2. The standard InChI is InChI=1S/C54H36N2O/c1-3-17-37(18-4-1)41-21-7-8-22-42(41)39-33-35-40(36-34-39)55-48-28-13-10-25-46(48)53-49(55)29-16-30-50(53)56(47-27-12-9-23-43(47)38-19-5-2-6-20-38)51-31-15-26-45-44-24-11-14-32-52(44)57-54(45)51/h1-36H. The summed E-state index contributed by atoms with van der Waals surface area (Å²) < 4.78 is 9.17. The maximum Gasteiger partial charge on any atom is 0.159 e. The molecule has 0 spiro atoms. The lowest BCUT2D eigenvalue weighted by Gasteiger charge is -2.28. The molecule has 0 unspecified atom stereocenters. The average molecular weight is 729 g/mol. The van der Waals surface area contributed by atoms with Crippen molar-refractivity contribution in [1.29, 1.82) is 0 Å². The van der Waals surface area contributed by atoms with Crippen LogP contribution in [0.4, 0.5) is 17.1 Å². The van der Waals surface area contributed by atoms with Gasteiger partial charge in [-0.1, -0.05) is 170 Å². The summed E-state index contributed by atoms with van der Waals surface area (Å²) in [5.74, 6) is 0.